The number of urea groups is 1. The number of phenolic OH excluding ortho intramolecular Hbond substituents is 1. The molecule has 4 N–H and O–H groups in total. The van der Waals surface area contributed by atoms with E-state index in [0.717, 1.165) is 39.1 Å². The van der Waals surface area contributed by atoms with E-state index in [-0.39, 0.29) is 44.3 Å². The molecular formula is C37H38N6O7S. The highest BCUT2D eigenvalue weighted by Crippen LogP contribution is 2.40. The van der Waals surface area contributed by atoms with Gasteiger partial charge in [-0.3, -0.25) is 4.79 Å². The van der Waals surface area contributed by atoms with Crippen molar-refractivity contribution in [1.29, 1.82) is 0 Å². The van der Waals surface area contributed by atoms with E-state index >= 15 is 0 Å². The Hall–Kier alpha value is -5.28. The molecule has 0 spiro atoms. The van der Waals surface area contributed by atoms with Crippen molar-refractivity contribution in [3.63, 3.8) is 0 Å². The molecule has 2 amide bonds. The van der Waals surface area contributed by atoms with Crippen LogP contribution >= 0.6 is 11.8 Å². The van der Waals surface area contributed by atoms with Crippen molar-refractivity contribution in [2.24, 2.45) is 0 Å². The number of aliphatic hydroxyl groups is 1. The maximum atomic E-state index is 12.2. The number of thioether (sulfide) groups is 1. The molecule has 0 bridgehead atoms. The van der Waals surface area contributed by atoms with Crippen molar-refractivity contribution in [3.05, 3.63) is 119 Å². The summed E-state index contributed by atoms with van der Waals surface area (Å²) in [4.78, 5) is 23.7. The van der Waals surface area contributed by atoms with Crippen LogP contribution in [-0.2, 0) is 32.2 Å². The van der Waals surface area contributed by atoms with Gasteiger partial charge in [-0.05, 0) is 81.6 Å². The summed E-state index contributed by atoms with van der Waals surface area (Å²) in [5, 5.41) is 37.4. The number of rotatable bonds is 13. The van der Waals surface area contributed by atoms with Crippen molar-refractivity contribution in [2.45, 2.75) is 50.2 Å². The van der Waals surface area contributed by atoms with Gasteiger partial charge in [0.25, 0.3) is 0 Å². The second kappa shape index (κ2) is 17.1. The van der Waals surface area contributed by atoms with Crippen LogP contribution in [0.5, 0.6) is 5.75 Å². The first-order valence-electron chi connectivity index (χ1n) is 16.5. The fourth-order valence-corrected chi connectivity index (χ4v) is 6.46. The lowest BCUT2D eigenvalue weighted by Crippen LogP contribution is -2.38. The number of carbonyl (C=O) groups is 2. The topological polar surface area (TPSA) is 170 Å². The molecule has 1 saturated heterocycles. The Morgan fingerprint density at radius 2 is 1.69 bits per heavy atom. The summed E-state index contributed by atoms with van der Waals surface area (Å²) < 4.78 is 19.6. The van der Waals surface area contributed by atoms with Crippen LogP contribution in [0, 0.1) is 0 Å². The number of carbonyl (C=O) groups excluding carboxylic acids is 2. The molecule has 1 aliphatic rings. The molecule has 264 valence electrons. The number of phenols is 1. The Balaban J connectivity index is 1.17. The maximum Gasteiger partial charge on any atom is 0.325 e. The number of aliphatic hydroxyl groups excluding tert-OH is 1. The minimum Gasteiger partial charge on any atom is -0.508 e. The molecule has 51 heavy (non-hydrogen) atoms. The zero-order chi connectivity index (χ0) is 35.6. The van der Waals surface area contributed by atoms with E-state index in [4.69, 9.17) is 14.2 Å². The third kappa shape index (κ3) is 9.49. The van der Waals surface area contributed by atoms with Crippen LogP contribution in [-0.4, -0.2) is 67.4 Å². The molecule has 0 aliphatic carbocycles. The van der Waals surface area contributed by atoms with Crippen molar-refractivity contribution in [1.82, 2.24) is 30.8 Å². The monoisotopic (exact) mass is 710 g/mol. The van der Waals surface area contributed by atoms with E-state index in [1.165, 1.54) is 11.8 Å². The van der Waals surface area contributed by atoms with Crippen LogP contribution in [0.3, 0.4) is 0 Å². The predicted molar refractivity (Wildman–Crippen MR) is 189 cm³/mol. The summed E-state index contributed by atoms with van der Waals surface area (Å²) in [6.45, 7) is 1.98. The molecule has 4 aromatic carbocycles. The normalized spacial score (nSPS) is 17.1. The molecule has 1 fully saturated rings. The minimum atomic E-state index is -0.673. The number of amides is 2. The largest absolute Gasteiger partial charge is 0.508 e. The van der Waals surface area contributed by atoms with E-state index < -0.39 is 18.3 Å². The lowest BCUT2D eigenvalue weighted by Gasteiger charge is -2.36. The van der Waals surface area contributed by atoms with Crippen molar-refractivity contribution in [2.75, 3.05) is 18.9 Å². The van der Waals surface area contributed by atoms with E-state index in [2.05, 4.69) is 26.2 Å². The fraction of sp³-hybridized carbons (Fsp3) is 0.270. The number of tetrazole rings is 1. The molecule has 5 aromatic rings. The van der Waals surface area contributed by atoms with Crippen molar-refractivity contribution in [3.8, 4) is 22.6 Å². The van der Waals surface area contributed by atoms with Crippen LogP contribution < -0.4 is 10.6 Å². The van der Waals surface area contributed by atoms with Gasteiger partial charge in [0.2, 0.25) is 5.16 Å². The van der Waals surface area contributed by atoms with Crippen LogP contribution in [0.1, 0.15) is 48.0 Å². The van der Waals surface area contributed by atoms with Gasteiger partial charge < -0.3 is 35.1 Å². The molecule has 0 radical (unpaired) electrons. The number of nitrogens with one attached hydrogen (secondary N) is 2. The van der Waals surface area contributed by atoms with Gasteiger partial charge in [0.05, 0.1) is 31.1 Å². The highest BCUT2D eigenvalue weighted by atomic mass is 32.2. The fourth-order valence-electron chi connectivity index (χ4n) is 5.55. The number of ether oxygens (including phenoxy) is 3. The van der Waals surface area contributed by atoms with Gasteiger partial charge in [0.1, 0.15) is 12.3 Å². The zero-order valence-corrected chi connectivity index (χ0v) is 28.7. The number of benzene rings is 4. The molecule has 0 unspecified atom stereocenters. The Labute approximate surface area is 298 Å². The molecule has 13 nitrogen and oxygen atoms in total. The standard InChI is InChI=1S/C37H38N6O7S/c1-2-48-34(46)21-39-36(47)38-20-25-5-3-6-27(17-25)28-7-4-8-29(18-28)35-49-32(19-33(50-35)26-11-9-24(22-44)10-12-26)23-51-37-40-41-42-43(37)30-13-15-31(45)16-14-30/h3-18,32-33,35,44-45H,2,19-23H2,1H3,(H2,38,39,47)/t32-,33+,35+/m1/s1. The summed E-state index contributed by atoms with van der Waals surface area (Å²) in [6.07, 6.45) is -0.587. The first-order chi connectivity index (χ1) is 24.9. The summed E-state index contributed by atoms with van der Waals surface area (Å²) in [6, 6.07) is 29.7. The lowest BCUT2D eigenvalue weighted by molar-refractivity contribution is -0.245. The number of hydrogen-bond acceptors (Lipinski definition) is 11. The predicted octanol–water partition coefficient (Wildman–Crippen LogP) is 5.23. The van der Waals surface area contributed by atoms with E-state index in [1.54, 1.807) is 35.9 Å². The van der Waals surface area contributed by atoms with Crippen LogP contribution in [0.4, 0.5) is 4.79 Å². The first kappa shape index (κ1) is 35.5. The molecule has 14 heteroatoms. The number of esters is 1. The second-order valence-corrected chi connectivity index (χ2v) is 12.7. The Kier molecular flexibility index (Phi) is 11.9. The van der Waals surface area contributed by atoms with E-state index in [1.807, 2.05) is 72.8 Å². The molecule has 0 saturated carbocycles. The molecule has 3 atom stereocenters. The summed E-state index contributed by atoms with van der Waals surface area (Å²) in [7, 11) is 0. The molecule has 6 rings (SSSR count). The lowest BCUT2D eigenvalue weighted by atomic mass is 9.99. The average Bonchev–Trinajstić information content (AvgIpc) is 3.64. The molecule has 2 heterocycles. The molecule has 1 aromatic heterocycles. The Morgan fingerprint density at radius 1 is 0.922 bits per heavy atom. The van der Waals surface area contributed by atoms with Gasteiger partial charge in [-0.2, -0.15) is 4.68 Å². The summed E-state index contributed by atoms with van der Waals surface area (Å²) >= 11 is 1.47. The minimum absolute atomic E-state index is 0.0424. The van der Waals surface area contributed by atoms with Crippen molar-refractivity contribution < 1.29 is 34.0 Å². The van der Waals surface area contributed by atoms with Gasteiger partial charge in [-0.1, -0.05) is 72.4 Å². The smallest absolute Gasteiger partial charge is 0.325 e. The zero-order valence-electron chi connectivity index (χ0n) is 27.8. The van der Waals surface area contributed by atoms with E-state index in [0.29, 0.717) is 17.3 Å². The quantitative estimate of drug-likeness (QED) is 0.0933. The van der Waals surface area contributed by atoms with Gasteiger partial charge in [0.15, 0.2) is 6.29 Å². The van der Waals surface area contributed by atoms with Crippen LogP contribution in [0.15, 0.2) is 102 Å². The number of aromatic nitrogens is 4. The highest BCUT2D eigenvalue weighted by molar-refractivity contribution is 7.99. The van der Waals surface area contributed by atoms with Crippen molar-refractivity contribution >= 4 is 23.8 Å². The third-order valence-electron chi connectivity index (χ3n) is 8.12. The maximum absolute atomic E-state index is 12.2. The van der Waals surface area contributed by atoms with E-state index in [9.17, 15) is 19.8 Å². The number of nitrogens with zero attached hydrogens (tertiary/aromatic N) is 4. The number of aromatic hydroxyl groups is 1. The van der Waals surface area contributed by atoms with Gasteiger partial charge >= 0.3 is 12.0 Å². The highest BCUT2D eigenvalue weighted by Gasteiger charge is 2.33. The van der Waals surface area contributed by atoms with Gasteiger partial charge in [-0.25, -0.2) is 4.79 Å². The average molecular weight is 711 g/mol. The SMILES string of the molecule is CCOC(=O)CNC(=O)NCc1cccc(-c2cccc([C@H]3O[C@@H](CSc4nnnn4-c4ccc(O)cc4)C[C@@H](c4ccc(CO)cc4)O3)c2)c1. The third-order valence-corrected chi connectivity index (χ3v) is 9.17. The van der Waals surface area contributed by atoms with Crippen LogP contribution in [0.25, 0.3) is 16.8 Å². The Bertz CT molecular complexity index is 1920. The van der Waals surface area contributed by atoms with Gasteiger partial charge in [0, 0.05) is 24.3 Å². The van der Waals surface area contributed by atoms with Crippen LogP contribution in [0.2, 0.25) is 0 Å². The number of hydrogen-bond donors (Lipinski definition) is 4. The van der Waals surface area contributed by atoms with Gasteiger partial charge in [-0.15, -0.1) is 5.10 Å². The first-order valence-corrected chi connectivity index (χ1v) is 17.4. The molecule has 1 aliphatic heterocycles. The summed E-state index contributed by atoms with van der Waals surface area (Å²) in [5.41, 5.74) is 6.14. The Morgan fingerprint density at radius 3 is 2.45 bits per heavy atom. The summed E-state index contributed by atoms with van der Waals surface area (Å²) in [5.74, 6) is 0.206. The second-order valence-electron chi connectivity index (χ2n) is 11.7. The molecular weight excluding hydrogens is 673 g/mol.